The minimum Gasteiger partial charge on any atom is -0.497 e. The molecule has 1 fully saturated rings. The fraction of sp³-hybridized carbons (Fsp3) is 0.222. The first-order chi connectivity index (χ1) is 17.4. The SMILES string of the molecule is COc1ccc(N2C[C@@H](C(=O)Nc3cc(OC)c(NC(=O)c4ccccc4)cc3OC)CC2=O)cc1. The molecule has 0 aliphatic carbocycles. The third kappa shape index (κ3) is 5.25. The van der Waals surface area contributed by atoms with Gasteiger partial charge >= 0.3 is 0 Å². The van der Waals surface area contributed by atoms with Gasteiger partial charge in [-0.2, -0.15) is 0 Å². The fourth-order valence-electron chi connectivity index (χ4n) is 4.01. The zero-order valence-electron chi connectivity index (χ0n) is 20.2. The number of benzene rings is 3. The van der Waals surface area contributed by atoms with E-state index in [2.05, 4.69) is 10.6 Å². The zero-order chi connectivity index (χ0) is 25.7. The Balaban J connectivity index is 1.49. The van der Waals surface area contributed by atoms with Crippen molar-refractivity contribution in [2.75, 3.05) is 43.4 Å². The van der Waals surface area contributed by atoms with Crippen LogP contribution in [-0.2, 0) is 9.59 Å². The summed E-state index contributed by atoms with van der Waals surface area (Å²) in [5.74, 6) is 0.0546. The highest BCUT2D eigenvalue weighted by Crippen LogP contribution is 2.37. The van der Waals surface area contributed by atoms with Crippen molar-refractivity contribution in [3.63, 3.8) is 0 Å². The number of carbonyl (C=O) groups excluding carboxylic acids is 3. The molecule has 0 aromatic heterocycles. The summed E-state index contributed by atoms with van der Waals surface area (Å²) in [4.78, 5) is 39.9. The highest BCUT2D eigenvalue weighted by Gasteiger charge is 2.35. The molecule has 9 heteroatoms. The molecule has 9 nitrogen and oxygen atoms in total. The van der Waals surface area contributed by atoms with Crippen LogP contribution >= 0.6 is 0 Å². The Labute approximate surface area is 209 Å². The van der Waals surface area contributed by atoms with Gasteiger partial charge in [-0.1, -0.05) is 18.2 Å². The first kappa shape index (κ1) is 24.6. The van der Waals surface area contributed by atoms with Gasteiger partial charge in [0.05, 0.1) is 38.6 Å². The predicted molar refractivity (Wildman–Crippen MR) is 136 cm³/mol. The molecular weight excluding hydrogens is 462 g/mol. The Bertz CT molecular complexity index is 1260. The van der Waals surface area contributed by atoms with Gasteiger partial charge in [-0.25, -0.2) is 0 Å². The predicted octanol–water partition coefficient (Wildman–Crippen LogP) is 3.96. The molecule has 0 saturated carbocycles. The summed E-state index contributed by atoms with van der Waals surface area (Å²) in [5, 5.41) is 5.65. The van der Waals surface area contributed by atoms with E-state index >= 15 is 0 Å². The molecule has 186 valence electrons. The maximum absolute atomic E-state index is 13.1. The molecule has 0 radical (unpaired) electrons. The van der Waals surface area contributed by atoms with Gasteiger partial charge in [0.15, 0.2) is 0 Å². The van der Waals surface area contributed by atoms with Crippen LogP contribution in [0.25, 0.3) is 0 Å². The van der Waals surface area contributed by atoms with E-state index in [1.165, 1.54) is 14.2 Å². The van der Waals surface area contributed by atoms with Gasteiger partial charge in [-0.3, -0.25) is 14.4 Å². The first-order valence-electron chi connectivity index (χ1n) is 11.3. The van der Waals surface area contributed by atoms with E-state index < -0.39 is 5.92 Å². The molecule has 36 heavy (non-hydrogen) atoms. The summed E-state index contributed by atoms with van der Waals surface area (Å²) in [7, 11) is 4.50. The monoisotopic (exact) mass is 489 g/mol. The van der Waals surface area contributed by atoms with Crippen molar-refractivity contribution in [2.45, 2.75) is 6.42 Å². The van der Waals surface area contributed by atoms with E-state index in [1.807, 2.05) is 6.07 Å². The molecule has 3 amide bonds. The maximum atomic E-state index is 13.1. The van der Waals surface area contributed by atoms with Crippen LogP contribution in [0.15, 0.2) is 66.7 Å². The average Bonchev–Trinajstić information content (AvgIpc) is 3.31. The van der Waals surface area contributed by atoms with Gasteiger partial charge in [-0.05, 0) is 36.4 Å². The van der Waals surface area contributed by atoms with Crippen LogP contribution < -0.4 is 29.7 Å². The molecule has 0 unspecified atom stereocenters. The standard InChI is InChI=1S/C27H27N3O6/c1-34-20-11-9-19(10-12-20)30-16-18(13-25(30)31)27(33)29-22-15-23(35-2)21(14-24(22)36-3)28-26(32)17-7-5-4-6-8-17/h4-12,14-15,18H,13,16H2,1-3H3,(H,28,32)(H,29,33)/t18-/m0/s1. The number of amides is 3. The van der Waals surface area contributed by atoms with Crippen molar-refractivity contribution in [2.24, 2.45) is 5.92 Å². The van der Waals surface area contributed by atoms with Crippen molar-refractivity contribution in [1.82, 2.24) is 0 Å². The molecule has 0 bridgehead atoms. The number of rotatable bonds is 8. The van der Waals surface area contributed by atoms with Crippen LogP contribution in [0.5, 0.6) is 17.2 Å². The van der Waals surface area contributed by atoms with Crippen molar-refractivity contribution in [3.05, 3.63) is 72.3 Å². The third-order valence-electron chi connectivity index (χ3n) is 5.94. The summed E-state index contributed by atoms with van der Waals surface area (Å²) in [6.07, 6.45) is 0.0858. The molecule has 3 aromatic carbocycles. The van der Waals surface area contributed by atoms with Crippen LogP contribution in [0.1, 0.15) is 16.8 Å². The number of anilines is 3. The van der Waals surface area contributed by atoms with Gasteiger partial charge in [0.1, 0.15) is 17.2 Å². The van der Waals surface area contributed by atoms with Gasteiger partial charge < -0.3 is 29.7 Å². The lowest BCUT2D eigenvalue weighted by Crippen LogP contribution is -2.28. The molecule has 2 N–H and O–H groups in total. The molecule has 1 saturated heterocycles. The third-order valence-corrected chi connectivity index (χ3v) is 5.94. The second-order valence-corrected chi connectivity index (χ2v) is 8.17. The van der Waals surface area contributed by atoms with E-state index in [0.717, 1.165) is 0 Å². The Morgan fingerprint density at radius 1 is 0.833 bits per heavy atom. The highest BCUT2D eigenvalue weighted by atomic mass is 16.5. The average molecular weight is 490 g/mol. The molecule has 3 aromatic rings. The normalized spacial score (nSPS) is 14.8. The summed E-state index contributed by atoms with van der Waals surface area (Å²) in [6, 6.07) is 19.0. The van der Waals surface area contributed by atoms with Crippen LogP contribution in [0.3, 0.4) is 0 Å². The number of hydrogen-bond donors (Lipinski definition) is 2. The van der Waals surface area contributed by atoms with Gasteiger partial charge in [0.2, 0.25) is 11.8 Å². The van der Waals surface area contributed by atoms with E-state index in [1.54, 1.807) is 72.7 Å². The zero-order valence-corrected chi connectivity index (χ0v) is 20.2. The molecule has 0 spiro atoms. The minimum absolute atomic E-state index is 0.0858. The molecular formula is C27H27N3O6. The number of hydrogen-bond acceptors (Lipinski definition) is 6. The van der Waals surface area contributed by atoms with Crippen LogP contribution in [0.4, 0.5) is 17.1 Å². The molecule has 1 aliphatic rings. The highest BCUT2D eigenvalue weighted by molar-refractivity contribution is 6.06. The largest absolute Gasteiger partial charge is 0.497 e. The number of nitrogens with one attached hydrogen (secondary N) is 2. The van der Waals surface area contributed by atoms with E-state index in [4.69, 9.17) is 14.2 Å². The van der Waals surface area contributed by atoms with Crippen LogP contribution in [0, 0.1) is 5.92 Å². The van der Waals surface area contributed by atoms with Crippen molar-refractivity contribution >= 4 is 34.8 Å². The fourth-order valence-corrected chi connectivity index (χ4v) is 4.01. The minimum atomic E-state index is -0.548. The molecule has 1 atom stereocenters. The van der Waals surface area contributed by atoms with E-state index in [9.17, 15) is 14.4 Å². The number of methoxy groups -OCH3 is 3. The van der Waals surface area contributed by atoms with Crippen LogP contribution in [0.2, 0.25) is 0 Å². The van der Waals surface area contributed by atoms with Gasteiger partial charge in [0, 0.05) is 36.3 Å². The van der Waals surface area contributed by atoms with Crippen LogP contribution in [-0.4, -0.2) is 45.6 Å². The van der Waals surface area contributed by atoms with Crippen molar-refractivity contribution in [3.8, 4) is 17.2 Å². The summed E-state index contributed by atoms with van der Waals surface area (Å²) in [6.45, 7) is 0.252. The molecule has 1 aliphatic heterocycles. The Kier molecular flexibility index (Phi) is 7.39. The van der Waals surface area contributed by atoms with E-state index in [0.29, 0.717) is 39.9 Å². The lowest BCUT2D eigenvalue weighted by atomic mass is 10.1. The quantitative estimate of drug-likeness (QED) is 0.496. The molecule has 1 heterocycles. The Morgan fingerprint density at radius 3 is 2.03 bits per heavy atom. The van der Waals surface area contributed by atoms with Gasteiger partial charge in [-0.15, -0.1) is 0 Å². The smallest absolute Gasteiger partial charge is 0.255 e. The topological polar surface area (TPSA) is 106 Å². The second-order valence-electron chi connectivity index (χ2n) is 8.17. The van der Waals surface area contributed by atoms with Crippen molar-refractivity contribution < 1.29 is 28.6 Å². The Morgan fingerprint density at radius 2 is 1.44 bits per heavy atom. The number of nitrogens with zero attached hydrogens (tertiary/aromatic N) is 1. The maximum Gasteiger partial charge on any atom is 0.255 e. The lowest BCUT2D eigenvalue weighted by Gasteiger charge is -2.18. The summed E-state index contributed by atoms with van der Waals surface area (Å²) >= 11 is 0. The second kappa shape index (κ2) is 10.8. The molecule has 4 rings (SSSR count). The number of ether oxygens (including phenoxy) is 3. The Hall–Kier alpha value is -4.53. The van der Waals surface area contributed by atoms with E-state index in [-0.39, 0.29) is 30.7 Å². The first-order valence-corrected chi connectivity index (χ1v) is 11.3. The summed E-state index contributed by atoms with van der Waals surface area (Å²) < 4.78 is 16.1. The van der Waals surface area contributed by atoms with Crippen molar-refractivity contribution in [1.29, 1.82) is 0 Å². The number of carbonyl (C=O) groups is 3. The summed E-state index contributed by atoms with van der Waals surface area (Å²) in [5.41, 5.74) is 1.95. The van der Waals surface area contributed by atoms with Gasteiger partial charge in [0.25, 0.3) is 5.91 Å². The lowest BCUT2D eigenvalue weighted by molar-refractivity contribution is -0.122.